The number of hydrogen-bond donors (Lipinski definition) is 1. The molecule has 36 heavy (non-hydrogen) atoms. The molecule has 5 heteroatoms. The number of H-pyrrole nitrogens is 1. The molecule has 2 aliphatic heterocycles. The van der Waals surface area contributed by atoms with Crippen LogP contribution in [-0.2, 0) is 4.79 Å². The Kier molecular flexibility index (Phi) is 8.74. The highest BCUT2D eigenvalue weighted by Gasteiger charge is 2.27. The molecule has 0 saturated carbocycles. The van der Waals surface area contributed by atoms with Crippen molar-refractivity contribution in [2.75, 3.05) is 52.9 Å². The summed E-state index contributed by atoms with van der Waals surface area (Å²) in [6, 6.07) is 7.02. The summed E-state index contributed by atoms with van der Waals surface area (Å²) in [4.78, 5) is 23.4. The van der Waals surface area contributed by atoms with Gasteiger partial charge in [-0.25, -0.2) is 0 Å². The van der Waals surface area contributed by atoms with Crippen LogP contribution in [0, 0.1) is 0 Å². The molecule has 0 bridgehead atoms. The molecule has 0 unspecified atom stereocenters. The third-order valence-corrected chi connectivity index (χ3v) is 7.87. The largest absolute Gasteiger partial charge is 0.354 e. The van der Waals surface area contributed by atoms with Gasteiger partial charge in [0.2, 0.25) is 5.91 Å². The van der Waals surface area contributed by atoms with Crippen LogP contribution >= 0.6 is 0 Å². The predicted molar refractivity (Wildman–Crippen MR) is 153 cm³/mol. The number of carbonyl (C=O) groups excluding carboxylic acids is 1. The predicted octanol–water partition coefficient (Wildman–Crippen LogP) is 6.00. The molecule has 1 aromatic heterocycles. The second kappa shape index (κ2) is 11.8. The highest BCUT2D eigenvalue weighted by Crippen LogP contribution is 2.37. The first-order chi connectivity index (χ1) is 17.3. The number of fused-ring (bicyclic) bond motifs is 1. The minimum Gasteiger partial charge on any atom is -0.354 e. The van der Waals surface area contributed by atoms with Crippen LogP contribution in [0.4, 0.5) is 0 Å². The Labute approximate surface area is 218 Å². The first-order valence-electron chi connectivity index (χ1n) is 14.0. The van der Waals surface area contributed by atoms with Crippen molar-refractivity contribution in [2.45, 2.75) is 65.7 Å². The molecule has 0 atom stereocenters. The number of likely N-dealkylation sites (N-methyl/N-ethyl adjacent to an activating group) is 1. The number of aromatic amines is 1. The molecule has 0 spiro atoms. The van der Waals surface area contributed by atoms with E-state index >= 15 is 0 Å². The number of aromatic nitrogens is 1. The van der Waals surface area contributed by atoms with E-state index in [1.54, 1.807) is 0 Å². The molecule has 2 fully saturated rings. The maximum absolute atomic E-state index is 12.9. The SMILES string of the molecule is CC/C=C(\C=C(C)C)c1[nH]c2ccc(C3CCN(C(=O)CN4CCN(C)CC4)CC3)cc2c1C(C)C. The number of amides is 1. The van der Waals surface area contributed by atoms with Gasteiger partial charge >= 0.3 is 0 Å². The third-order valence-electron chi connectivity index (χ3n) is 7.87. The van der Waals surface area contributed by atoms with Gasteiger partial charge in [-0.05, 0) is 80.8 Å². The summed E-state index contributed by atoms with van der Waals surface area (Å²) in [7, 11) is 2.16. The van der Waals surface area contributed by atoms with Crippen molar-refractivity contribution in [1.29, 1.82) is 0 Å². The molecule has 1 N–H and O–H groups in total. The first kappa shape index (κ1) is 26.7. The number of nitrogens with zero attached hydrogens (tertiary/aromatic N) is 3. The maximum Gasteiger partial charge on any atom is 0.236 e. The van der Waals surface area contributed by atoms with Gasteiger partial charge in [0, 0.05) is 55.9 Å². The second-order valence-corrected chi connectivity index (χ2v) is 11.4. The zero-order chi connectivity index (χ0) is 25.8. The van der Waals surface area contributed by atoms with Gasteiger partial charge in [-0.3, -0.25) is 9.69 Å². The monoisotopic (exact) mass is 490 g/mol. The molecular formula is C31H46N4O. The van der Waals surface area contributed by atoms with Crippen LogP contribution < -0.4 is 0 Å². The molecule has 5 nitrogen and oxygen atoms in total. The second-order valence-electron chi connectivity index (χ2n) is 11.4. The smallest absolute Gasteiger partial charge is 0.236 e. The van der Waals surface area contributed by atoms with Crippen LogP contribution in [0.2, 0.25) is 0 Å². The number of hydrogen-bond acceptors (Lipinski definition) is 3. The zero-order valence-electron chi connectivity index (χ0n) is 23.4. The fraction of sp³-hybridized carbons (Fsp3) is 0.581. The Hall–Kier alpha value is -2.37. The van der Waals surface area contributed by atoms with Gasteiger partial charge in [0.05, 0.1) is 6.54 Å². The van der Waals surface area contributed by atoms with Crippen molar-refractivity contribution in [3.8, 4) is 0 Å². The van der Waals surface area contributed by atoms with E-state index in [1.807, 2.05) is 0 Å². The van der Waals surface area contributed by atoms with Crippen LogP contribution in [0.25, 0.3) is 16.5 Å². The molecule has 2 saturated heterocycles. The van der Waals surface area contributed by atoms with Crippen LogP contribution in [0.5, 0.6) is 0 Å². The van der Waals surface area contributed by atoms with Crippen LogP contribution in [0.3, 0.4) is 0 Å². The van der Waals surface area contributed by atoms with E-state index in [9.17, 15) is 4.79 Å². The van der Waals surface area contributed by atoms with Gasteiger partial charge in [-0.15, -0.1) is 0 Å². The van der Waals surface area contributed by atoms with E-state index in [2.05, 4.69) is 91.7 Å². The third kappa shape index (κ3) is 6.12. The van der Waals surface area contributed by atoms with E-state index in [4.69, 9.17) is 0 Å². The van der Waals surface area contributed by atoms with E-state index in [1.165, 1.54) is 38.9 Å². The number of likely N-dealkylation sites (tertiary alicyclic amines) is 1. The minimum absolute atomic E-state index is 0.306. The standard InChI is InChI=1S/C31H46N4O/c1-7-8-26(19-22(2)3)31-30(23(4)5)27-20-25(9-10-28(27)32-31)24-11-13-35(14-12-24)29(36)21-34-17-15-33(6)16-18-34/h8-10,19-20,23-24,32H,7,11-18,21H2,1-6H3/b26-8+. The lowest BCUT2D eigenvalue weighted by molar-refractivity contribution is -0.133. The number of carbonyl (C=O) groups is 1. The normalized spacial score (nSPS) is 18.9. The average molecular weight is 491 g/mol. The molecule has 196 valence electrons. The molecule has 4 rings (SSSR count). The van der Waals surface area contributed by atoms with Crippen molar-refractivity contribution in [2.24, 2.45) is 0 Å². The van der Waals surface area contributed by atoms with E-state index in [-0.39, 0.29) is 0 Å². The fourth-order valence-corrected chi connectivity index (χ4v) is 5.84. The van der Waals surface area contributed by atoms with Gasteiger partial charge in [0.1, 0.15) is 0 Å². The molecule has 1 aromatic carbocycles. The fourth-order valence-electron chi connectivity index (χ4n) is 5.84. The molecular weight excluding hydrogens is 444 g/mol. The molecule has 1 amide bonds. The topological polar surface area (TPSA) is 42.6 Å². The number of nitrogens with one attached hydrogen (secondary N) is 1. The van der Waals surface area contributed by atoms with Gasteiger partial charge in [0.25, 0.3) is 0 Å². The molecule has 0 aliphatic carbocycles. The van der Waals surface area contributed by atoms with Gasteiger partial charge in [-0.1, -0.05) is 44.6 Å². The summed E-state index contributed by atoms with van der Waals surface area (Å²) in [5.41, 5.74) is 7.95. The lowest BCUT2D eigenvalue weighted by atomic mass is 9.87. The summed E-state index contributed by atoms with van der Waals surface area (Å²) in [5.74, 6) is 1.26. The van der Waals surface area contributed by atoms with Crippen LogP contribution in [-0.4, -0.2) is 78.5 Å². The summed E-state index contributed by atoms with van der Waals surface area (Å²) in [6.45, 7) is 17.6. The Morgan fingerprint density at radius 1 is 1.08 bits per heavy atom. The highest BCUT2D eigenvalue weighted by atomic mass is 16.2. The maximum atomic E-state index is 12.9. The highest BCUT2D eigenvalue weighted by molar-refractivity contribution is 5.92. The van der Waals surface area contributed by atoms with Crippen molar-refractivity contribution in [1.82, 2.24) is 19.7 Å². The zero-order valence-corrected chi connectivity index (χ0v) is 23.4. The molecule has 0 radical (unpaired) electrons. The Balaban J connectivity index is 1.49. The average Bonchev–Trinajstić information content (AvgIpc) is 3.24. The van der Waals surface area contributed by atoms with Gasteiger partial charge < -0.3 is 14.8 Å². The van der Waals surface area contributed by atoms with E-state index < -0.39 is 0 Å². The molecule has 2 aromatic rings. The Bertz CT molecular complexity index is 1110. The number of piperidine rings is 1. The summed E-state index contributed by atoms with van der Waals surface area (Å²) in [6.07, 6.45) is 7.75. The summed E-state index contributed by atoms with van der Waals surface area (Å²) >= 11 is 0. The lowest BCUT2D eigenvalue weighted by Gasteiger charge is -2.36. The van der Waals surface area contributed by atoms with Crippen molar-refractivity contribution < 1.29 is 4.79 Å². The van der Waals surface area contributed by atoms with E-state index in [0.717, 1.165) is 58.5 Å². The van der Waals surface area contributed by atoms with E-state index in [0.29, 0.717) is 24.3 Å². The lowest BCUT2D eigenvalue weighted by Crippen LogP contribution is -2.50. The molecule has 2 aliphatic rings. The minimum atomic E-state index is 0.306. The number of benzene rings is 1. The van der Waals surface area contributed by atoms with Crippen LogP contribution in [0.15, 0.2) is 35.9 Å². The quantitative estimate of drug-likeness (QED) is 0.484. The van der Waals surface area contributed by atoms with Crippen molar-refractivity contribution in [3.63, 3.8) is 0 Å². The summed E-state index contributed by atoms with van der Waals surface area (Å²) < 4.78 is 0. The van der Waals surface area contributed by atoms with Gasteiger partial charge in [0.15, 0.2) is 0 Å². The molecule has 3 heterocycles. The van der Waals surface area contributed by atoms with Crippen molar-refractivity contribution >= 4 is 22.4 Å². The number of piperazine rings is 1. The van der Waals surface area contributed by atoms with Crippen LogP contribution in [0.1, 0.15) is 82.5 Å². The first-order valence-corrected chi connectivity index (χ1v) is 14.0. The Morgan fingerprint density at radius 3 is 2.39 bits per heavy atom. The number of allylic oxidation sites excluding steroid dienone is 4. The Morgan fingerprint density at radius 2 is 1.78 bits per heavy atom. The summed E-state index contributed by atoms with van der Waals surface area (Å²) in [5, 5.41) is 1.36. The van der Waals surface area contributed by atoms with Crippen molar-refractivity contribution in [3.05, 3.63) is 52.7 Å². The van der Waals surface area contributed by atoms with Gasteiger partial charge in [-0.2, -0.15) is 0 Å². The number of rotatable bonds is 7.